The van der Waals surface area contributed by atoms with Crippen LogP contribution in [0.3, 0.4) is 0 Å². The van der Waals surface area contributed by atoms with Crippen molar-refractivity contribution in [3.63, 3.8) is 0 Å². The molecular weight excluding hydrogens is 382 g/mol. The van der Waals surface area contributed by atoms with E-state index in [4.69, 9.17) is 21.1 Å². The van der Waals surface area contributed by atoms with Crippen LogP contribution < -0.4 is 9.47 Å². The van der Waals surface area contributed by atoms with Gasteiger partial charge in [-0.05, 0) is 42.5 Å². The van der Waals surface area contributed by atoms with Gasteiger partial charge in [0.15, 0.2) is 0 Å². The summed E-state index contributed by atoms with van der Waals surface area (Å²) in [7, 11) is -0.488. The van der Waals surface area contributed by atoms with E-state index in [1.807, 2.05) is 6.07 Å². The molecule has 2 aromatic carbocycles. The summed E-state index contributed by atoms with van der Waals surface area (Å²) >= 11 is 7.44. The largest absolute Gasteiger partial charge is 0.497 e. The number of halogens is 1. The first kappa shape index (κ1) is 18.4. The fraction of sp³-hybridized carbons (Fsp3) is 0.294. The summed E-state index contributed by atoms with van der Waals surface area (Å²) < 4.78 is 38.4. The number of thioether (sulfide) groups is 1. The first-order valence-electron chi connectivity index (χ1n) is 7.58. The third kappa shape index (κ3) is 3.60. The highest BCUT2D eigenvalue weighted by Crippen LogP contribution is 2.45. The molecule has 1 aliphatic heterocycles. The van der Waals surface area contributed by atoms with Crippen LogP contribution in [0, 0.1) is 0 Å². The van der Waals surface area contributed by atoms with Gasteiger partial charge >= 0.3 is 0 Å². The molecule has 3 rings (SSSR count). The van der Waals surface area contributed by atoms with Crippen LogP contribution in [0.2, 0.25) is 5.02 Å². The van der Waals surface area contributed by atoms with Crippen molar-refractivity contribution in [3.05, 3.63) is 53.1 Å². The molecule has 0 amide bonds. The van der Waals surface area contributed by atoms with Crippen LogP contribution >= 0.6 is 23.4 Å². The average Bonchev–Trinajstić information content (AvgIpc) is 3.12. The minimum absolute atomic E-state index is 0.228. The molecule has 0 radical (unpaired) electrons. The Morgan fingerprint density at radius 2 is 1.84 bits per heavy atom. The van der Waals surface area contributed by atoms with Gasteiger partial charge in [-0.15, -0.1) is 11.8 Å². The maximum Gasteiger partial charge on any atom is 0.244 e. The van der Waals surface area contributed by atoms with E-state index in [-0.39, 0.29) is 10.3 Å². The summed E-state index contributed by atoms with van der Waals surface area (Å²) in [6, 6.07) is 11.6. The second kappa shape index (κ2) is 7.45. The van der Waals surface area contributed by atoms with Crippen LogP contribution in [0.5, 0.6) is 11.5 Å². The molecule has 8 heteroatoms. The molecule has 1 saturated heterocycles. The third-order valence-corrected chi connectivity index (χ3v) is 7.48. The van der Waals surface area contributed by atoms with Gasteiger partial charge in [0.1, 0.15) is 11.5 Å². The van der Waals surface area contributed by atoms with Crippen LogP contribution in [0.4, 0.5) is 0 Å². The van der Waals surface area contributed by atoms with Crippen LogP contribution in [0.25, 0.3) is 0 Å². The Labute approximate surface area is 156 Å². The van der Waals surface area contributed by atoms with Crippen molar-refractivity contribution in [2.45, 2.75) is 10.3 Å². The number of sulfonamides is 1. The first-order valence-corrected chi connectivity index (χ1v) is 10.4. The van der Waals surface area contributed by atoms with E-state index in [1.54, 1.807) is 50.2 Å². The molecule has 134 valence electrons. The van der Waals surface area contributed by atoms with Gasteiger partial charge in [0.2, 0.25) is 10.0 Å². The second-order valence-corrected chi connectivity index (χ2v) is 8.92. The molecule has 0 spiro atoms. The summed E-state index contributed by atoms with van der Waals surface area (Å²) in [5, 5.41) is 0.131. The molecule has 1 fully saturated rings. The second-order valence-electron chi connectivity index (χ2n) is 5.40. The zero-order valence-corrected chi connectivity index (χ0v) is 16.2. The topological polar surface area (TPSA) is 55.8 Å². The van der Waals surface area contributed by atoms with Gasteiger partial charge in [-0.3, -0.25) is 0 Å². The van der Waals surface area contributed by atoms with E-state index in [0.717, 1.165) is 5.56 Å². The van der Waals surface area contributed by atoms with Crippen LogP contribution in [-0.4, -0.2) is 39.2 Å². The Kier molecular flexibility index (Phi) is 5.48. The van der Waals surface area contributed by atoms with Crippen molar-refractivity contribution < 1.29 is 17.9 Å². The maximum atomic E-state index is 13.1. The number of ether oxygens (including phenoxy) is 2. The average molecular weight is 400 g/mol. The number of methoxy groups -OCH3 is 2. The normalized spacial score (nSPS) is 18.3. The predicted molar refractivity (Wildman–Crippen MR) is 100 cm³/mol. The minimum atomic E-state index is -3.64. The van der Waals surface area contributed by atoms with Gasteiger partial charge in [-0.25, -0.2) is 8.42 Å². The van der Waals surface area contributed by atoms with Crippen LogP contribution in [-0.2, 0) is 10.0 Å². The Bertz CT molecular complexity index is 855. The Hall–Kier alpha value is -1.41. The summed E-state index contributed by atoms with van der Waals surface area (Å²) in [4.78, 5) is 0.228. The number of hydrogen-bond donors (Lipinski definition) is 0. The van der Waals surface area contributed by atoms with Gasteiger partial charge in [0.05, 0.1) is 24.5 Å². The van der Waals surface area contributed by atoms with Gasteiger partial charge < -0.3 is 9.47 Å². The lowest BCUT2D eigenvalue weighted by atomic mass is 10.2. The number of hydrogen-bond acceptors (Lipinski definition) is 5. The first-order chi connectivity index (χ1) is 12.0. The van der Waals surface area contributed by atoms with E-state index < -0.39 is 10.0 Å². The summed E-state index contributed by atoms with van der Waals surface area (Å²) in [5.41, 5.74) is 0.780. The van der Waals surface area contributed by atoms with Gasteiger partial charge in [-0.1, -0.05) is 11.6 Å². The predicted octanol–water partition coefficient (Wildman–Crippen LogP) is 3.79. The molecule has 25 heavy (non-hydrogen) atoms. The molecule has 0 saturated carbocycles. The minimum Gasteiger partial charge on any atom is -0.497 e. The molecule has 0 N–H and O–H groups in total. The fourth-order valence-electron chi connectivity index (χ4n) is 2.72. The molecular formula is C17H18ClNO4S2. The lowest BCUT2D eigenvalue weighted by molar-refractivity contribution is 0.382. The third-order valence-electron chi connectivity index (χ3n) is 3.97. The molecule has 0 aromatic heterocycles. The highest BCUT2D eigenvalue weighted by molar-refractivity contribution is 8.01. The molecule has 0 bridgehead atoms. The van der Waals surface area contributed by atoms with Gasteiger partial charge in [0, 0.05) is 22.9 Å². The van der Waals surface area contributed by atoms with Crippen molar-refractivity contribution in [3.8, 4) is 11.5 Å². The van der Waals surface area contributed by atoms with Gasteiger partial charge in [-0.2, -0.15) is 4.31 Å². The lowest BCUT2D eigenvalue weighted by Crippen LogP contribution is -2.30. The molecule has 2 aromatic rings. The van der Waals surface area contributed by atoms with Crippen molar-refractivity contribution >= 4 is 33.4 Å². The monoisotopic (exact) mass is 399 g/mol. The zero-order valence-electron chi connectivity index (χ0n) is 13.8. The van der Waals surface area contributed by atoms with Crippen molar-refractivity contribution in [2.24, 2.45) is 0 Å². The van der Waals surface area contributed by atoms with Crippen LogP contribution in [0.1, 0.15) is 10.9 Å². The molecule has 1 aliphatic rings. The Morgan fingerprint density at radius 1 is 1.12 bits per heavy atom. The number of nitrogens with zero attached hydrogens (tertiary/aromatic N) is 1. The highest BCUT2D eigenvalue weighted by atomic mass is 35.5. The van der Waals surface area contributed by atoms with E-state index in [9.17, 15) is 8.42 Å². The van der Waals surface area contributed by atoms with E-state index >= 15 is 0 Å². The molecule has 1 atom stereocenters. The SMILES string of the molecule is COc1ccc(OC)c([C@H]2SCCN2S(=O)(=O)c2ccc(Cl)cc2)c1. The smallest absolute Gasteiger partial charge is 0.244 e. The fourth-order valence-corrected chi connectivity index (χ4v) is 6.09. The van der Waals surface area contributed by atoms with Gasteiger partial charge in [0.25, 0.3) is 0 Å². The Balaban J connectivity index is 2.02. The van der Waals surface area contributed by atoms with Crippen LogP contribution in [0.15, 0.2) is 47.4 Å². The number of rotatable bonds is 5. The van der Waals surface area contributed by atoms with E-state index in [0.29, 0.717) is 28.8 Å². The quantitative estimate of drug-likeness (QED) is 0.765. The van der Waals surface area contributed by atoms with Crippen molar-refractivity contribution in [2.75, 3.05) is 26.5 Å². The van der Waals surface area contributed by atoms with E-state index in [1.165, 1.54) is 16.4 Å². The summed E-state index contributed by atoms with van der Waals surface area (Å²) in [6.45, 7) is 0.431. The standard InChI is InChI=1S/C17H18ClNO4S2/c1-22-13-5-8-16(23-2)15(11-13)17-19(9-10-24-17)25(20,21)14-6-3-12(18)4-7-14/h3-8,11,17H,9-10H2,1-2H3/t17-/m1/s1. The number of benzene rings is 2. The van der Waals surface area contributed by atoms with Crippen molar-refractivity contribution in [1.29, 1.82) is 0 Å². The van der Waals surface area contributed by atoms with E-state index in [2.05, 4.69) is 0 Å². The lowest BCUT2D eigenvalue weighted by Gasteiger charge is -2.25. The molecule has 0 unspecified atom stereocenters. The summed E-state index contributed by atoms with van der Waals surface area (Å²) in [5.74, 6) is 2.00. The Morgan fingerprint density at radius 3 is 2.48 bits per heavy atom. The zero-order chi connectivity index (χ0) is 18.0. The highest BCUT2D eigenvalue weighted by Gasteiger charge is 2.38. The molecule has 0 aliphatic carbocycles. The van der Waals surface area contributed by atoms with Crippen molar-refractivity contribution in [1.82, 2.24) is 4.31 Å². The summed E-state index contributed by atoms with van der Waals surface area (Å²) in [6.07, 6.45) is 0. The maximum absolute atomic E-state index is 13.1. The molecule has 5 nitrogen and oxygen atoms in total. The molecule has 1 heterocycles.